The molecule has 1 heterocycles. The molecule has 12 rings (SSSR count). The van der Waals surface area contributed by atoms with Gasteiger partial charge in [0.15, 0.2) is 0 Å². The van der Waals surface area contributed by atoms with Gasteiger partial charge in [-0.25, -0.2) is 0 Å². The SMILES string of the molecule is CC1(C)c2ccccc2-c2ccc(N(c3ccc(-c4ccc5c(c4)-c4cccc6c4C(C5)c4cocc4C6(C)C)cc3)c3ccc4c(c3)C(C)(C)c3ccccc3-4)cc21. The second-order valence-corrected chi connectivity index (χ2v) is 18.9. The fourth-order valence-electron chi connectivity index (χ4n) is 11.6. The standard InChI is InChI=1S/C57H47NO/c1-55(2)48-15-9-7-12-40(48)42-26-24-38(30-51(42)55)58(39-25-27-43-41-13-8-10-16-49(41)56(3,4)52(43)31-39)37-22-20-34(21-23-37)35-18-19-36-29-46-47-32-59-33-53(47)57(5,6)50-17-11-14-44(54(46)50)45(36)28-35/h7-28,30-33,46H,29H2,1-6H3. The molecule has 0 fully saturated rings. The second-order valence-electron chi connectivity index (χ2n) is 18.9. The number of anilines is 3. The van der Waals surface area contributed by atoms with Crippen molar-refractivity contribution < 1.29 is 4.42 Å². The summed E-state index contributed by atoms with van der Waals surface area (Å²) in [5.74, 6) is 0.324. The molecule has 0 aliphatic heterocycles. The summed E-state index contributed by atoms with van der Waals surface area (Å²) in [6, 6.07) is 55.4. The Morgan fingerprint density at radius 2 is 0.949 bits per heavy atom. The smallest absolute Gasteiger partial charge is 0.0946 e. The fraction of sp³-hybridized carbons (Fsp3) is 0.193. The Labute approximate surface area is 347 Å². The zero-order valence-electron chi connectivity index (χ0n) is 34.7. The summed E-state index contributed by atoms with van der Waals surface area (Å²) in [5.41, 5.74) is 26.2. The maximum atomic E-state index is 5.86. The zero-order chi connectivity index (χ0) is 40.0. The van der Waals surface area contributed by atoms with Crippen molar-refractivity contribution in [2.75, 3.05) is 4.90 Å². The molecule has 0 saturated heterocycles. The second kappa shape index (κ2) is 11.9. The van der Waals surface area contributed by atoms with E-state index in [1.54, 1.807) is 0 Å². The lowest BCUT2D eigenvalue weighted by atomic mass is 9.62. The first-order valence-electron chi connectivity index (χ1n) is 21.2. The van der Waals surface area contributed by atoms with Crippen LogP contribution in [0.4, 0.5) is 17.1 Å². The maximum Gasteiger partial charge on any atom is 0.0946 e. The van der Waals surface area contributed by atoms with Crippen molar-refractivity contribution >= 4 is 17.1 Å². The summed E-state index contributed by atoms with van der Waals surface area (Å²) in [6.45, 7) is 14.2. The van der Waals surface area contributed by atoms with Crippen molar-refractivity contribution in [1.82, 2.24) is 0 Å². The number of hydrogen-bond donors (Lipinski definition) is 0. The van der Waals surface area contributed by atoms with Gasteiger partial charge in [-0.05, 0) is 132 Å². The highest BCUT2D eigenvalue weighted by atomic mass is 16.3. The van der Waals surface area contributed by atoms with E-state index in [0.717, 1.165) is 12.1 Å². The molecule has 0 spiro atoms. The minimum atomic E-state index is -0.0991. The molecule has 4 aliphatic carbocycles. The molecule has 0 N–H and O–H groups in total. The van der Waals surface area contributed by atoms with E-state index >= 15 is 0 Å². The number of benzene rings is 7. The van der Waals surface area contributed by atoms with Gasteiger partial charge in [0.2, 0.25) is 0 Å². The van der Waals surface area contributed by atoms with Gasteiger partial charge in [-0.3, -0.25) is 0 Å². The van der Waals surface area contributed by atoms with E-state index < -0.39 is 0 Å². The van der Waals surface area contributed by atoms with Gasteiger partial charge >= 0.3 is 0 Å². The molecule has 2 nitrogen and oxygen atoms in total. The summed E-state index contributed by atoms with van der Waals surface area (Å²) < 4.78 is 5.86. The molecular weight excluding hydrogens is 715 g/mol. The van der Waals surface area contributed by atoms with Gasteiger partial charge in [0.1, 0.15) is 0 Å². The molecule has 0 saturated carbocycles. The molecule has 7 aromatic carbocycles. The van der Waals surface area contributed by atoms with Gasteiger partial charge in [-0.1, -0.05) is 145 Å². The largest absolute Gasteiger partial charge is 0.472 e. The van der Waals surface area contributed by atoms with Crippen molar-refractivity contribution in [3.05, 3.63) is 208 Å². The molecule has 1 atom stereocenters. The van der Waals surface area contributed by atoms with Crippen LogP contribution in [0.3, 0.4) is 0 Å². The maximum absolute atomic E-state index is 5.86. The van der Waals surface area contributed by atoms with Crippen LogP contribution in [0, 0.1) is 0 Å². The number of fused-ring (bicyclic) bond motifs is 10. The molecule has 8 aromatic rings. The Kier molecular flexibility index (Phi) is 6.96. The van der Waals surface area contributed by atoms with Gasteiger partial charge in [0.25, 0.3) is 0 Å². The molecule has 1 unspecified atom stereocenters. The molecule has 0 radical (unpaired) electrons. The first-order chi connectivity index (χ1) is 28.5. The molecule has 4 aliphatic rings. The third kappa shape index (κ3) is 4.69. The van der Waals surface area contributed by atoms with Crippen LogP contribution in [0.2, 0.25) is 0 Å². The lowest BCUT2D eigenvalue weighted by Gasteiger charge is -2.40. The molecule has 59 heavy (non-hydrogen) atoms. The first kappa shape index (κ1) is 34.6. The lowest BCUT2D eigenvalue weighted by Crippen LogP contribution is -2.31. The van der Waals surface area contributed by atoms with E-state index in [-0.39, 0.29) is 16.2 Å². The quantitative estimate of drug-likeness (QED) is 0.178. The van der Waals surface area contributed by atoms with Gasteiger partial charge < -0.3 is 9.32 Å². The topological polar surface area (TPSA) is 16.4 Å². The third-order valence-corrected chi connectivity index (χ3v) is 14.8. The molecule has 0 bridgehead atoms. The number of furan rings is 1. The van der Waals surface area contributed by atoms with E-state index in [1.807, 2.05) is 12.5 Å². The predicted octanol–water partition coefficient (Wildman–Crippen LogP) is 15.0. The van der Waals surface area contributed by atoms with E-state index in [4.69, 9.17) is 4.42 Å². The highest BCUT2D eigenvalue weighted by Crippen LogP contribution is 2.56. The van der Waals surface area contributed by atoms with Gasteiger partial charge in [-0.15, -0.1) is 0 Å². The van der Waals surface area contributed by atoms with Crippen LogP contribution in [0.15, 0.2) is 163 Å². The Hall–Kier alpha value is -6.38. The lowest BCUT2D eigenvalue weighted by molar-refractivity contribution is 0.548. The van der Waals surface area contributed by atoms with Gasteiger partial charge in [0.05, 0.1) is 12.5 Å². The Morgan fingerprint density at radius 1 is 0.424 bits per heavy atom. The average molecular weight is 762 g/mol. The van der Waals surface area contributed by atoms with E-state index in [2.05, 4.69) is 192 Å². The minimum Gasteiger partial charge on any atom is -0.472 e. The minimum absolute atomic E-state index is 0.0972. The summed E-state index contributed by atoms with van der Waals surface area (Å²) >= 11 is 0. The van der Waals surface area contributed by atoms with E-state index in [1.165, 1.54) is 106 Å². The molecule has 1 aromatic heterocycles. The van der Waals surface area contributed by atoms with Crippen molar-refractivity contribution in [1.29, 1.82) is 0 Å². The molecular formula is C57H47NO. The first-order valence-corrected chi connectivity index (χ1v) is 21.2. The Bertz CT molecular complexity index is 2950. The van der Waals surface area contributed by atoms with Crippen LogP contribution in [0.1, 0.15) is 97.5 Å². The number of hydrogen-bond acceptors (Lipinski definition) is 2. The summed E-state index contributed by atoms with van der Waals surface area (Å²) in [4.78, 5) is 2.47. The fourth-order valence-corrected chi connectivity index (χ4v) is 11.6. The van der Waals surface area contributed by atoms with Crippen LogP contribution in [-0.4, -0.2) is 0 Å². The van der Waals surface area contributed by atoms with Crippen molar-refractivity contribution in [2.24, 2.45) is 0 Å². The third-order valence-electron chi connectivity index (χ3n) is 14.8. The highest BCUT2D eigenvalue weighted by Gasteiger charge is 2.42. The summed E-state index contributed by atoms with van der Waals surface area (Å²) in [7, 11) is 0. The monoisotopic (exact) mass is 761 g/mol. The average Bonchev–Trinajstić information content (AvgIpc) is 3.91. The molecule has 286 valence electrons. The van der Waals surface area contributed by atoms with Crippen LogP contribution in [-0.2, 0) is 22.7 Å². The zero-order valence-corrected chi connectivity index (χ0v) is 34.7. The van der Waals surface area contributed by atoms with Gasteiger partial charge in [0, 0.05) is 50.4 Å². The summed E-state index contributed by atoms with van der Waals surface area (Å²) in [6.07, 6.45) is 4.96. The summed E-state index contributed by atoms with van der Waals surface area (Å²) in [5, 5.41) is 0. The predicted molar refractivity (Wildman–Crippen MR) is 244 cm³/mol. The highest BCUT2D eigenvalue weighted by molar-refractivity contribution is 5.89. The van der Waals surface area contributed by atoms with Crippen LogP contribution in [0.25, 0.3) is 44.5 Å². The molecule has 0 amide bonds. The van der Waals surface area contributed by atoms with Crippen molar-refractivity contribution in [3.63, 3.8) is 0 Å². The molecule has 2 heteroatoms. The van der Waals surface area contributed by atoms with E-state index in [0.29, 0.717) is 5.92 Å². The van der Waals surface area contributed by atoms with Crippen LogP contribution >= 0.6 is 0 Å². The van der Waals surface area contributed by atoms with Crippen LogP contribution in [0.5, 0.6) is 0 Å². The van der Waals surface area contributed by atoms with Crippen molar-refractivity contribution in [2.45, 2.75) is 70.1 Å². The normalized spacial score (nSPS) is 17.5. The van der Waals surface area contributed by atoms with E-state index in [9.17, 15) is 0 Å². The Balaban J connectivity index is 0.965. The number of nitrogens with zero attached hydrogens (tertiary/aromatic N) is 1. The van der Waals surface area contributed by atoms with Gasteiger partial charge in [-0.2, -0.15) is 0 Å². The van der Waals surface area contributed by atoms with Crippen LogP contribution < -0.4 is 4.90 Å². The number of rotatable bonds is 4. The Morgan fingerprint density at radius 3 is 1.59 bits per heavy atom. The van der Waals surface area contributed by atoms with Crippen molar-refractivity contribution in [3.8, 4) is 44.5 Å².